The first-order valence-corrected chi connectivity index (χ1v) is 8.36. The average Bonchev–Trinajstić information content (AvgIpc) is 2.45. The highest BCUT2D eigenvalue weighted by Gasteiger charge is 2.28. The minimum absolute atomic E-state index is 0.00620. The van der Waals surface area contributed by atoms with Crippen LogP contribution >= 0.6 is 0 Å². The van der Waals surface area contributed by atoms with Crippen molar-refractivity contribution in [2.45, 2.75) is 83.7 Å². The number of unbranched alkanes of at least 4 members (excludes halogenated alkanes) is 1. The number of rotatable bonds is 8. The van der Waals surface area contributed by atoms with Crippen molar-refractivity contribution in [3.05, 3.63) is 0 Å². The van der Waals surface area contributed by atoms with Crippen molar-refractivity contribution < 1.29 is 14.7 Å². The third-order valence-corrected chi connectivity index (χ3v) is 4.24. The van der Waals surface area contributed by atoms with Gasteiger partial charge < -0.3 is 15.7 Å². The van der Waals surface area contributed by atoms with Gasteiger partial charge in [0.15, 0.2) is 0 Å². The summed E-state index contributed by atoms with van der Waals surface area (Å²) >= 11 is 0. The summed E-state index contributed by atoms with van der Waals surface area (Å²) in [5.74, 6) is -1.05. The number of urea groups is 1. The number of carbonyl (C=O) groups is 2. The molecule has 1 saturated carbocycles. The van der Waals surface area contributed by atoms with E-state index in [1.807, 2.05) is 0 Å². The molecule has 0 saturated heterocycles. The van der Waals surface area contributed by atoms with E-state index in [0.717, 1.165) is 51.4 Å². The SMILES string of the molecule is CCCCC(CCC)NC(=O)NC1CCCC(C(=O)O)C1. The average molecular weight is 298 g/mol. The third-order valence-electron chi connectivity index (χ3n) is 4.24. The zero-order valence-corrected chi connectivity index (χ0v) is 13.4. The van der Waals surface area contributed by atoms with Crippen LogP contribution in [-0.2, 0) is 4.79 Å². The van der Waals surface area contributed by atoms with E-state index >= 15 is 0 Å². The van der Waals surface area contributed by atoms with Crippen LogP contribution in [0, 0.1) is 5.92 Å². The van der Waals surface area contributed by atoms with Crippen LogP contribution in [0.1, 0.15) is 71.6 Å². The van der Waals surface area contributed by atoms with Gasteiger partial charge >= 0.3 is 12.0 Å². The van der Waals surface area contributed by atoms with Crippen LogP contribution in [-0.4, -0.2) is 29.2 Å². The van der Waals surface area contributed by atoms with E-state index in [1.165, 1.54) is 0 Å². The van der Waals surface area contributed by atoms with Gasteiger partial charge in [0.1, 0.15) is 0 Å². The zero-order chi connectivity index (χ0) is 15.7. The molecule has 5 nitrogen and oxygen atoms in total. The molecule has 1 fully saturated rings. The van der Waals surface area contributed by atoms with Crippen LogP contribution in [0.2, 0.25) is 0 Å². The zero-order valence-electron chi connectivity index (χ0n) is 13.4. The Labute approximate surface area is 127 Å². The van der Waals surface area contributed by atoms with E-state index in [2.05, 4.69) is 24.5 Å². The summed E-state index contributed by atoms with van der Waals surface area (Å²) in [5.41, 5.74) is 0. The molecule has 1 aliphatic rings. The molecule has 0 bridgehead atoms. The van der Waals surface area contributed by atoms with Crippen molar-refractivity contribution in [2.75, 3.05) is 0 Å². The normalized spacial score (nSPS) is 23.3. The van der Waals surface area contributed by atoms with E-state index in [4.69, 9.17) is 5.11 Å². The maximum Gasteiger partial charge on any atom is 0.315 e. The minimum Gasteiger partial charge on any atom is -0.481 e. The van der Waals surface area contributed by atoms with Crippen molar-refractivity contribution >= 4 is 12.0 Å². The Balaban J connectivity index is 2.38. The van der Waals surface area contributed by atoms with Gasteiger partial charge in [-0.1, -0.05) is 39.5 Å². The number of hydrogen-bond donors (Lipinski definition) is 3. The molecule has 0 radical (unpaired) electrons. The van der Waals surface area contributed by atoms with Crippen molar-refractivity contribution in [3.8, 4) is 0 Å². The number of aliphatic carboxylic acids is 1. The largest absolute Gasteiger partial charge is 0.481 e. The van der Waals surface area contributed by atoms with Gasteiger partial charge in [-0.05, 0) is 32.1 Å². The van der Waals surface area contributed by atoms with Crippen LogP contribution in [0.3, 0.4) is 0 Å². The highest BCUT2D eigenvalue weighted by atomic mass is 16.4. The summed E-state index contributed by atoms with van der Waals surface area (Å²) < 4.78 is 0. The summed E-state index contributed by atoms with van der Waals surface area (Å²) in [6.45, 7) is 4.27. The van der Waals surface area contributed by atoms with Gasteiger partial charge in [-0.2, -0.15) is 0 Å². The van der Waals surface area contributed by atoms with E-state index in [1.54, 1.807) is 0 Å². The topological polar surface area (TPSA) is 78.4 Å². The molecule has 3 atom stereocenters. The molecule has 3 N–H and O–H groups in total. The van der Waals surface area contributed by atoms with E-state index in [9.17, 15) is 9.59 Å². The Kier molecular flexibility index (Phi) is 8.16. The Morgan fingerprint density at radius 1 is 1.19 bits per heavy atom. The first kappa shape index (κ1) is 17.8. The molecule has 0 aromatic heterocycles. The molecular formula is C16H30N2O3. The number of carboxylic acid groups (broad SMARTS) is 1. The van der Waals surface area contributed by atoms with Gasteiger partial charge in [-0.15, -0.1) is 0 Å². The Hall–Kier alpha value is -1.26. The highest BCUT2D eigenvalue weighted by molar-refractivity contribution is 5.75. The lowest BCUT2D eigenvalue weighted by Gasteiger charge is -2.28. The molecule has 5 heteroatoms. The number of carbonyl (C=O) groups excluding carboxylic acids is 1. The highest BCUT2D eigenvalue weighted by Crippen LogP contribution is 2.24. The second-order valence-corrected chi connectivity index (χ2v) is 6.14. The van der Waals surface area contributed by atoms with Gasteiger partial charge in [0.05, 0.1) is 5.92 Å². The predicted octanol–water partition coefficient (Wildman–Crippen LogP) is 3.29. The second-order valence-electron chi connectivity index (χ2n) is 6.14. The third kappa shape index (κ3) is 6.82. The quantitative estimate of drug-likeness (QED) is 0.643. The van der Waals surface area contributed by atoms with Crippen molar-refractivity contribution in [1.82, 2.24) is 10.6 Å². The fourth-order valence-electron chi connectivity index (χ4n) is 3.05. The van der Waals surface area contributed by atoms with Crippen molar-refractivity contribution in [3.63, 3.8) is 0 Å². The monoisotopic (exact) mass is 298 g/mol. The summed E-state index contributed by atoms with van der Waals surface area (Å²) in [7, 11) is 0. The maximum absolute atomic E-state index is 12.1. The fraction of sp³-hybridized carbons (Fsp3) is 0.875. The number of carboxylic acids is 1. The number of hydrogen-bond acceptors (Lipinski definition) is 2. The summed E-state index contributed by atoms with van der Waals surface area (Å²) in [4.78, 5) is 23.1. The first-order chi connectivity index (χ1) is 10.1. The molecule has 0 aromatic carbocycles. The van der Waals surface area contributed by atoms with E-state index in [-0.39, 0.29) is 24.0 Å². The molecular weight excluding hydrogens is 268 g/mol. The second kappa shape index (κ2) is 9.64. The lowest BCUT2D eigenvalue weighted by atomic mass is 9.86. The standard InChI is InChI=1S/C16H30N2O3/c1-3-5-9-13(7-4-2)17-16(21)18-14-10-6-8-12(11-14)15(19)20/h12-14H,3-11H2,1-2H3,(H,19,20)(H2,17,18,21). The smallest absolute Gasteiger partial charge is 0.315 e. The maximum atomic E-state index is 12.1. The van der Waals surface area contributed by atoms with Crippen LogP contribution in [0.4, 0.5) is 4.79 Å². The van der Waals surface area contributed by atoms with Crippen LogP contribution < -0.4 is 10.6 Å². The molecule has 21 heavy (non-hydrogen) atoms. The summed E-state index contributed by atoms with van der Waals surface area (Å²) in [6, 6.07) is 0.0858. The molecule has 2 amide bonds. The number of nitrogens with one attached hydrogen (secondary N) is 2. The molecule has 122 valence electrons. The van der Waals surface area contributed by atoms with Crippen LogP contribution in [0.15, 0.2) is 0 Å². The molecule has 1 rings (SSSR count). The van der Waals surface area contributed by atoms with Crippen LogP contribution in [0.25, 0.3) is 0 Å². The van der Waals surface area contributed by atoms with E-state index < -0.39 is 5.97 Å². The number of amides is 2. The fourth-order valence-corrected chi connectivity index (χ4v) is 3.05. The molecule has 0 aliphatic heterocycles. The van der Waals surface area contributed by atoms with Crippen molar-refractivity contribution in [2.24, 2.45) is 5.92 Å². The van der Waals surface area contributed by atoms with Gasteiger partial charge in [0, 0.05) is 12.1 Å². The predicted molar refractivity (Wildman–Crippen MR) is 83.3 cm³/mol. The first-order valence-electron chi connectivity index (χ1n) is 8.36. The lowest BCUT2D eigenvalue weighted by molar-refractivity contribution is -0.143. The molecule has 1 aliphatic carbocycles. The van der Waals surface area contributed by atoms with Gasteiger partial charge in [0.2, 0.25) is 0 Å². The molecule has 0 spiro atoms. The Bertz CT molecular complexity index is 333. The Morgan fingerprint density at radius 3 is 2.57 bits per heavy atom. The van der Waals surface area contributed by atoms with Gasteiger partial charge in [-0.3, -0.25) is 4.79 Å². The van der Waals surface area contributed by atoms with Crippen molar-refractivity contribution in [1.29, 1.82) is 0 Å². The molecule has 0 aromatic rings. The summed E-state index contributed by atoms with van der Waals surface area (Å²) in [6.07, 6.45) is 8.35. The van der Waals surface area contributed by atoms with Gasteiger partial charge in [0.25, 0.3) is 0 Å². The Morgan fingerprint density at radius 2 is 1.95 bits per heavy atom. The van der Waals surface area contributed by atoms with E-state index in [0.29, 0.717) is 6.42 Å². The van der Waals surface area contributed by atoms with Crippen LogP contribution in [0.5, 0.6) is 0 Å². The molecule has 3 unspecified atom stereocenters. The molecule has 0 heterocycles. The lowest BCUT2D eigenvalue weighted by Crippen LogP contribution is -2.48. The summed E-state index contributed by atoms with van der Waals surface area (Å²) in [5, 5.41) is 15.1. The minimum atomic E-state index is -0.742. The van der Waals surface area contributed by atoms with Gasteiger partial charge in [-0.25, -0.2) is 4.79 Å².